The van der Waals surface area contributed by atoms with Crippen molar-refractivity contribution in [3.63, 3.8) is 0 Å². The maximum absolute atomic E-state index is 5.93. The van der Waals surface area contributed by atoms with Crippen molar-refractivity contribution in [2.75, 3.05) is 6.54 Å². The van der Waals surface area contributed by atoms with Gasteiger partial charge in [-0.15, -0.1) is 0 Å². The Kier molecular flexibility index (Phi) is 2.68. The Morgan fingerprint density at radius 3 is 2.38 bits per heavy atom. The van der Waals surface area contributed by atoms with Crippen LogP contribution in [-0.2, 0) is 5.41 Å². The lowest BCUT2D eigenvalue weighted by Crippen LogP contribution is -2.39. The van der Waals surface area contributed by atoms with Crippen LogP contribution in [0.5, 0.6) is 0 Å². The van der Waals surface area contributed by atoms with Gasteiger partial charge in [0.2, 0.25) is 0 Å². The first-order valence-electron chi connectivity index (χ1n) is 6.28. The Morgan fingerprint density at radius 2 is 1.88 bits per heavy atom. The van der Waals surface area contributed by atoms with E-state index in [0.717, 1.165) is 17.6 Å². The van der Waals surface area contributed by atoms with Crippen LogP contribution in [-0.4, -0.2) is 12.6 Å². The molecule has 2 heteroatoms. The molecule has 1 aromatic rings. The second kappa shape index (κ2) is 4.05. The minimum Gasteiger partial charge on any atom is -0.313 e. The molecular weight excluding hydrogens is 218 g/mol. The van der Waals surface area contributed by atoms with Gasteiger partial charge in [-0.25, -0.2) is 0 Å². The molecule has 0 bridgehead atoms. The van der Waals surface area contributed by atoms with Crippen molar-refractivity contribution >= 4 is 11.6 Å². The molecule has 16 heavy (non-hydrogen) atoms. The SMILES string of the molecule is Clc1ccc(C2(CNC3CCC3)CC2)cc1. The first-order chi connectivity index (χ1) is 7.78. The van der Waals surface area contributed by atoms with E-state index in [9.17, 15) is 0 Å². The van der Waals surface area contributed by atoms with Gasteiger partial charge in [-0.1, -0.05) is 30.2 Å². The Balaban J connectivity index is 1.65. The van der Waals surface area contributed by atoms with Crippen LogP contribution in [0.15, 0.2) is 24.3 Å². The zero-order chi connectivity index (χ0) is 11.0. The summed E-state index contributed by atoms with van der Waals surface area (Å²) in [6, 6.07) is 9.21. The molecule has 2 aliphatic carbocycles. The van der Waals surface area contributed by atoms with E-state index in [2.05, 4.69) is 17.4 Å². The van der Waals surface area contributed by atoms with Crippen LogP contribution in [0.4, 0.5) is 0 Å². The quantitative estimate of drug-likeness (QED) is 0.842. The molecule has 0 radical (unpaired) electrons. The highest BCUT2D eigenvalue weighted by Crippen LogP contribution is 2.48. The second-order valence-electron chi connectivity index (χ2n) is 5.30. The van der Waals surface area contributed by atoms with Gasteiger partial charge in [-0.2, -0.15) is 0 Å². The largest absolute Gasteiger partial charge is 0.313 e. The smallest absolute Gasteiger partial charge is 0.0406 e. The van der Waals surface area contributed by atoms with Gasteiger partial charge in [0, 0.05) is 23.0 Å². The van der Waals surface area contributed by atoms with Crippen LogP contribution in [0, 0.1) is 0 Å². The lowest BCUT2D eigenvalue weighted by Gasteiger charge is -2.29. The number of rotatable bonds is 4. The van der Waals surface area contributed by atoms with Crippen LogP contribution in [0.25, 0.3) is 0 Å². The topological polar surface area (TPSA) is 12.0 Å². The van der Waals surface area contributed by atoms with E-state index in [1.54, 1.807) is 0 Å². The van der Waals surface area contributed by atoms with Crippen molar-refractivity contribution < 1.29 is 0 Å². The minimum atomic E-state index is 0.431. The fourth-order valence-electron chi connectivity index (χ4n) is 2.47. The fraction of sp³-hybridized carbons (Fsp3) is 0.571. The Labute approximate surface area is 102 Å². The van der Waals surface area contributed by atoms with Gasteiger partial charge in [-0.05, 0) is 43.4 Å². The minimum absolute atomic E-state index is 0.431. The van der Waals surface area contributed by atoms with Gasteiger partial charge in [0.25, 0.3) is 0 Å². The van der Waals surface area contributed by atoms with Crippen LogP contribution >= 0.6 is 11.6 Å². The molecule has 0 amide bonds. The van der Waals surface area contributed by atoms with Gasteiger partial charge in [0.05, 0.1) is 0 Å². The average Bonchev–Trinajstić information content (AvgIpc) is 2.98. The highest BCUT2D eigenvalue weighted by Gasteiger charge is 2.44. The third-order valence-corrected chi connectivity index (χ3v) is 4.40. The normalized spacial score (nSPS) is 22.8. The van der Waals surface area contributed by atoms with Gasteiger partial charge in [0.1, 0.15) is 0 Å². The standard InChI is InChI=1S/C14H18ClN/c15-12-6-4-11(5-7-12)14(8-9-14)10-16-13-2-1-3-13/h4-7,13,16H,1-3,8-10H2. The molecule has 0 aliphatic heterocycles. The summed E-state index contributed by atoms with van der Waals surface area (Å²) >= 11 is 5.93. The van der Waals surface area contributed by atoms with Gasteiger partial charge >= 0.3 is 0 Å². The average molecular weight is 236 g/mol. The van der Waals surface area contributed by atoms with Crippen molar-refractivity contribution in [2.24, 2.45) is 0 Å². The molecule has 0 unspecified atom stereocenters. The first kappa shape index (κ1) is 10.6. The number of nitrogens with one attached hydrogen (secondary N) is 1. The highest BCUT2D eigenvalue weighted by molar-refractivity contribution is 6.30. The van der Waals surface area contributed by atoms with Crippen molar-refractivity contribution in [1.29, 1.82) is 0 Å². The fourth-order valence-corrected chi connectivity index (χ4v) is 2.60. The first-order valence-corrected chi connectivity index (χ1v) is 6.66. The maximum atomic E-state index is 5.93. The number of hydrogen-bond donors (Lipinski definition) is 1. The monoisotopic (exact) mass is 235 g/mol. The van der Waals surface area contributed by atoms with E-state index in [0.29, 0.717) is 5.41 Å². The summed E-state index contributed by atoms with van der Waals surface area (Å²) in [7, 11) is 0. The van der Waals surface area contributed by atoms with Gasteiger partial charge in [-0.3, -0.25) is 0 Å². The molecule has 86 valence electrons. The third kappa shape index (κ3) is 1.99. The molecule has 1 aromatic carbocycles. The maximum Gasteiger partial charge on any atom is 0.0406 e. The van der Waals surface area contributed by atoms with Crippen molar-refractivity contribution in [3.05, 3.63) is 34.9 Å². The summed E-state index contributed by atoms with van der Waals surface area (Å²) in [6.45, 7) is 1.15. The molecule has 2 saturated carbocycles. The van der Waals surface area contributed by atoms with Crippen LogP contribution in [0.3, 0.4) is 0 Å². The molecule has 0 atom stereocenters. The second-order valence-corrected chi connectivity index (χ2v) is 5.73. The molecule has 1 nitrogen and oxygen atoms in total. The Hall–Kier alpha value is -0.530. The molecular formula is C14H18ClN. The summed E-state index contributed by atoms with van der Waals surface area (Å²) < 4.78 is 0. The Bertz CT molecular complexity index is 363. The van der Waals surface area contributed by atoms with Crippen LogP contribution in [0.1, 0.15) is 37.7 Å². The summed E-state index contributed by atoms with van der Waals surface area (Å²) in [4.78, 5) is 0. The summed E-state index contributed by atoms with van der Waals surface area (Å²) in [5, 5.41) is 4.54. The summed E-state index contributed by atoms with van der Waals surface area (Å²) in [5.74, 6) is 0. The lowest BCUT2D eigenvalue weighted by molar-refractivity contribution is 0.328. The lowest BCUT2D eigenvalue weighted by atomic mass is 9.90. The van der Waals surface area contributed by atoms with E-state index < -0.39 is 0 Å². The molecule has 0 aromatic heterocycles. The number of hydrogen-bond acceptors (Lipinski definition) is 1. The van der Waals surface area contributed by atoms with Gasteiger partial charge in [0.15, 0.2) is 0 Å². The van der Waals surface area contributed by atoms with Crippen molar-refractivity contribution in [2.45, 2.75) is 43.6 Å². The molecule has 1 N–H and O–H groups in total. The summed E-state index contributed by atoms with van der Waals surface area (Å²) in [5.41, 5.74) is 1.89. The van der Waals surface area contributed by atoms with E-state index >= 15 is 0 Å². The molecule has 3 rings (SSSR count). The zero-order valence-electron chi connectivity index (χ0n) is 9.51. The highest BCUT2D eigenvalue weighted by atomic mass is 35.5. The van der Waals surface area contributed by atoms with E-state index in [4.69, 9.17) is 11.6 Å². The Morgan fingerprint density at radius 1 is 1.19 bits per heavy atom. The van der Waals surface area contributed by atoms with Crippen molar-refractivity contribution in [3.8, 4) is 0 Å². The predicted octanol–water partition coefficient (Wildman–Crippen LogP) is 3.51. The van der Waals surface area contributed by atoms with Crippen LogP contribution in [0.2, 0.25) is 5.02 Å². The van der Waals surface area contributed by atoms with Crippen molar-refractivity contribution in [1.82, 2.24) is 5.32 Å². The molecule has 0 spiro atoms. The summed E-state index contributed by atoms with van der Waals surface area (Å²) in [6.07, 6.45) is 6.81. The third-order valence-electron chi connectivity index (χ3n) is 4.14. The molecule has 0 saturated heterocycles. The number of benzene rings is 1. The molecule has 2 aliphatic rings. The van der Waals surface area contributed by atoms with E-state index in [1.807, 2.05) is 12.1 Å². The predicted molar refractivity (Wildman–Crippen MR) is 68.0 cm³/mol. The molecule has 2 fully saturated rings. The number of halogens is 1. The van der Waals surface area contributed by atoms with Gasteiger partial charge < -0.3 is 5.32 Å². The van der Waals surface area contributed by atoms with E-state index in [-0.39, 0.29) is 0 Å². The van der Waals surface area contributed by atoms with Crippen LogP contribution < -0.4 is 5.32 Å². The zero-order valence-corrected chi connectivity index (χ0v) is 10.3. The van der Waals surface area contributed by atoms with E-state index in [1.165, 1.54) is 37.7 Å². The molecule has 0 heterocycles.